The molecule has 1 aromatic rings. The fraction of sp³-hybridized carbons (Fsp3) is 0.500. The standard InChI is InChI=1S/C12H17F2NO/c1-3-10(8-15-4-2)16-12-6-5-9(13)7-11(12)14/h5-7,10,15H,3-4,8H2,1-2H3. The Morgan fingerprint density at radius 1 is 1.31 bits per heavy atom. The van der Waals surface area contributed by atoms with Gasteiger partial charge in [-0.15, -0.1) is 0 Å². The largest absolute Gasteiger partial charge is 0.486 e. The Bertz CT molecular complexity index is 331. The van der Waals surface area contributed by atoms with E-state index in [1.54, 1.807) is 0 Å². The van der Waals surface area contributed by atoms with Crippen molar-refractivity contribution in [2.45, 2.75) is 26.4 Å². The number of rotatable bonds is 6. The fourth-order valence-corrected chi connectivity index (χ4v) is 1.33. The lowest BCUT2D eigenvalue weighted by atomic mass is 10.2. The molecular formula is C12H17F2NO. The molecular weight excluding hydrogens is 212 g/mol. The first-order valence-corrected chi connectivity index (χ1v) is 5.49. The van der Waals surface area contributed by atoms with Crippen molar-refractivity contribution in [3.63, 3.8) is 0 Å². The number of nitrogens with one attached hydrogen (secondary N) is 1. The molecule has 1 rings (SSSR count). The number of benzene rings is 1. The van der Waals surface area contributed by atoms with E-state index in [1.165, 1.54) is 12.1 Å². The predicted molar refractivity (Wildman–Crippen MR) is 59.6 cm³/mol. The molecule has 2 nitrogen and oxygen atoms in total. The summed E-state index contributed by atoms with van der Waals surface area (Å²) in [5, 5.41) is 3.13. The molecule has 0 saturated heterocycles. The first-order chi connectivity index (χ1) is 7.67. The van der Waals surface area contributed by atoms with Crippen LogP contribution < -0.4 is 10.1 Å². The van der Waals surface area contributed by atoms with Gasteiger partial charge in [0.05, 0.1) is 0 Å². The van der Waals surface area contributed by atoms with Crippen LogP contribution in [0.1, 0.15) is 20.3 Å². The van der Waals surface area contributed by atoms with Crippen LogP contribution in [0.5, 0.6) is 5.75 Å². The van der Waals surface area contributed by atoms with Crippen molar-refractivity contribution < 1.29 is 13.5 Å². The van der Waals surface area contributed by atoms with Crippen LogP contribution in [0.3, 0.4) is 0 Å². The van der Waals surface area contributed by atoms with Crippen LogP contribution in [-0.4, -0.2) is 19.2 Å². The summed E-state index contributed by atoms with van der Waals surface area (Å²) in [6, 6.07) is 3.34. The van der Waals surface area contributed by atoms with Gasteiger partial charge >= 0.3 is 0 Å². The van der Waals surface area contributed by atoms with Gasteiger partial charge in [0, 0.05) is 12.6 Å². The van der Waals surface area contributed by atoms with Crippen molar-refractivity contribution in [3.8, 4) is 5.75 Å². The number of halogens is 2. The van der Waals surface area contributed by atoms with E-state index in [2.05, 4.69) is 5.32 Å². The Labute approximate surface area is 94.6 Å². The number of hydrogen-bond donors (Lipinski definition) is 1. The van der Waals surface area contributed by atoms with Crippen LogP contribution in [0.25, 0.3) is 0 Å². The van der Waals surface area contributed by atoms with Gasteiger partial charge in [-0.1, -0.05) is 13.8 Å². The summed E-state index contributed by atoms with van der Waals surface area (Å²) in [6.45, 7) is 5.45. The van der Waals surface area contributed by atoms with Gasteiger partial charge in [0.1, 0.15) is 11.9 Å². The van der Waals surface area contributed by atoms with Crippen molar-refractivity contribution in [1.29, 1.82) is 0 Å². The summed E-state index contributed by atoms with van der Waals surface area (Å²) in [6.07, 6.45) is 0.670. The Kier molecular flexibility index (Phi) is 5.19. The van der Waals surface area contributed by atoms with Gasteiger partial charge in [0.2, 0.25) is 0 Å². The van der Waals surface area contributed by atoms with Gasteiger partial charge in [0.25, 0.3) is 0 Å². The van der Waals surface area contributed by atoms with Crippen LogP contribution in [0.4, 0.5) is 8.78 Å². The highest BCUT2D eigenvalue weighted by molar-refractivity contribution is 5.24. The minimum atomic E-state index is -0.657. The van der Waals surface area contributed by atoms with Crippen molar-refractivity contribution in [2.75, 3.05) is 13.1 Å². The van der Waals surface area contributed by atoms with E-state index in [4.69, 9.17) is 4.74 Å². The normalized spacial score (nSPS) is 12.5. The summed E-state index contributed by atoms with van der Waals surface area (Å²) in [7, 11) is 0. The minimum absolute atomic E-state index is 0.0973. The summed E-state index contributed by atoms with van der Waals surface area (Å²) < 4.78 is 31.4. The zero-order chi connectivity index (χ0) is 12.0. The molecule has 0 spiro atoms. The molecule has 1 atom stereocenters. The maximum atomic E-state index is 13.3. The molecule has 1 aromatic carbocycles. The SMILES string of the molecule is CCNCC(CC)Oc1ccc(F)cc1F. The predicted octanol–water partition coefficient (Wildman–Crippen LogP) is 2.73. The molecule has 0 aromatic heterocycles. The fourth-order valence-electron chi connectivity index (χ4n) is 1.33. The molecule has 0 radical (unpaired) electrons. The molecule has 16 heavy (non-hydrogen) atoms. The average molecular weight is 229 g/mol. The van der Waals surface area contributed by atoms with Gasteiger partial charge < -0.3 is 10.1 Å². The maximum Gasteiger partial charge on any atom is 0.167 e. The molecule has 0 aliphatic rings. The molecule has 90 valence electrons. The summed E-state index contributed by atoms with van der Waals surface area (Å²) in [5.74, 6) is -1.15. The zero-order valence-electron chi connectivity index (χ0n) is 9.59. The van der Waals surface area contributed by atoms with Gasteiger partial charge in [-0.25, -0.2) is 8.78 Å². The summed E-state index contributed by atoms with van der Waals surface area (Å²) in [4.78, 5) is 0. The number of ether oxygens (including phenoxy) is 1. The van der Waals surface area contributed by atoms with Gasteiger partial charge in [-0.05, 0) is 25.1 Å². The molecule has 1 unspecified atom stereocenters. The highest BCUT2D eigenvalue weighted by atomic mass is 19.1. The lowest BCUT2D eigenvalue weighted by Crippen LogP contribution is -2.30. The van der Waals surface area contributed by atoms with E-state index in [0.29, 0.717) is 6.54 Å². The second-order valence-corrected chi connectivity index (χ2v) is 3.53. The van der Waals surface area contributed by atoms with Crippen molar-refractivity contribution >= 4 is 0 Å². The Morgan fingerprint density at radius 2 is 2.06 bits per heavy atom. The molecule has 0 aliphatic carbocycles. The summed E-state index contributed by atoms with van der Waals surface area (Å²) >= 11 is 0. The first-order valence-electron chi connectivity index (χ1n) is 5.49. The van der Waals surface area contributed by atoms with E-state index >= 15 is 0 Å². The highest BCUT2D eigenvalue weighted by Gasteiger charge is 2.11. The Morgan fingerprint density at radius 3 is 2.62 bits per heavy atom. The monoisotopic (exact) mass is 229 g/mol. The lowest BCUT2D eigenvalue weighted by molar-refractivity contribution is 0.185. The third-order valence-corrected chi connectivity index (χ3v) is 2.26. The van der Waals surface area contributed by atoms with Gasteiger partial charge in [0.15, 0.2) is 11.6 Å². The van der Waals surface area contributed by atoms with Crippen molar-refractivity contribution in [3.05, 3.63) is 29.8 Å². The lowest BCUT2D eigenvalue weighted by Gasteiger charge is -2.18. The Balaban J connectivity index is 2.62. The minimum Gasteiger partial charge on any atom is -0.486 e. The Hall–Kier alpha value is -1.16. The molecule has 0 heterocycles. The number of hydrogen-bond acceptors (Lipinski definition) is 2. The van der Waals surface area contributed by atoms with E-state index in [1.807, 2.05) is 13.8 Å². The zero-order valence-corrected chi connectivity index (χ0v) is 9.59. The third-order valence-electron chi connectivity index (χ3n) is 2.26. The van der Waals surface area contributed by atoms with E-state index in [-0.39, 0.29) is 11.9 Å². The quantitative estimate of drug-likeness (QED) is 0.809. The van der Waals surface area contributed by atoms with Crippen LogP contribution in [0, 0.1) is 11.6 Å². The molecule has 4 heteroatoms. The maximum absolute atomic E-state index is 13.3. The smallest absolute Gasteiger partial charge is 0.167 e. The van der Waals surface area contributed by atoms with Crippen LogP contribution in [0.2, 0.25) is 0 Å². The molecule has 0 amide bonds. The van der Waals surface area contributed by atoms with E-state index < -0.39 is 11.6 Å². The van der Waals surface area contributed by atoms with E-state index in [9.17, 15) is 8.78 Å². The topological polar surface area (TPSA) is 21.3 Å². The van der Waals surface area contributed by atoms with Crippen LogP contribution >= 0.6 is 0 Å². The summed E-state index contributed by atoms with van der Waals surface area (Å²) in [5.41, 5.74) is 0. The second kappa shape index (κ2) is 6.43. The van der Waals surface area contributed by atoms with Gasteiger partial charge in [-0.3, -0.25) is 0 Å². The first kappa shape index (κ1) is 12.9. The van der Waals surface area contributed by atoms with Crippen LogP contribution in [-0.2, 0) is 0 Å². The van der Waals surface area contributed by atoms with Crippen molar-refractivity contribution in [1.82, 2.24) is 5.32 Å². The van der Waals surface area contributed by atoms with Crippen molar-refractivity contribution in [2.24, 2.45) is 0 Å². The molecule has 0 aliphatic heterocycles. The van der Waals surface area contributed by atoms with E-state index in [0.717, 1.165) is 19.0 Å². The van der Waals surface area contributed by atoms with Crippen LogP contribution in [0.15, 0.2) is 18.2 Å². The average Bonchev–Trinajstić information content (AvgIpc) is 2.27. The third kappa shape index (κ3) is 3.77. The molecule has 0 fully saturated rings. The molecule has 0 bridgehead atoms. The van der Waals surface area contributed by atoms with Gasteiger partial charge in [-0.2, -0.15) is 0 Å². The number of likely N-dealkylation sites (N-methyl/N-ethyl adjacent to an activating group) is 1. The second-order valence-electron chi connectivity index (χ2n) is 3.53. The molecule has 0 saturated carbocycles. The molecule has 1 N–H and O–H groups in total. The highest BCUT2D eigenvalue weighted by Crippen LogP contribution is 2.19.